The zero-order chi connectivity index (χ0) is 12.7. The molecule has 5 heteroatoms. The lowest BCUT2D eigenvalue weighted by atomic mass is 10.3. The molecule has 0 bridgehead atoms. The summed E-state index contributed by atoms with van der Waals surface area (Å²) >= 11 is 3.37. The van der Waals surface area contributed by atoms with E-state index in [0.29, 0.717) is 13.2 Å². The fourth-order valence-electron chi connectivity index (χ4n) is 1.56. The summed E-state index contributed by atoms with van der Waals surface area (Å²) in [6, 6.07) is 7.61. The number of likely N-dealkylation sites (N-methyl/N-ethyl adjacent to an activating group) is 1. The molecule has 0 heterocycles. The average Bonchev–Trinajstić information content (AvgIpc) is 2.35. The topological polar surface area (TPSA) is 32.7 Å². The minimum Gasteiger partial charge on any atom is -0.491 e. The van der Waals surface area contributed by atoms with E-state index in [-0.39, 0.29) is 12.4 Å². The minimum absolute atomic E-state index is 0. The van der Waals surface area contributed by atoms with Crippen LogP contribution in [0.4, 0.5) is 0 Å². The molecule has 0 saturated heterocycles. The van der Waals surface area contributed by atoms with Crippen molar-refractivity contribution in [1.29, 1.82) is 0 Å². The fourth-order valence-corrected chi connectivity index (χ4v) is 1.82. The maximum atomic E-state index is 9.82. The second-order valence-corrected chi connectivity index (χ2v) is 4.82. The van der Waals surface area contributed by atoms with Crippen molar-refractivity contribution in [2.75, 3.05) is 26.2 Å². The average molecular weight is 339 g/mol. The van der Waals surface area contributed by atoms with E-state index in [0.717, 1.165) is 23.3 Å². The Hall–Kier alpha value is -0.290. The van der Waals surface area contributed by atoms with Crippen molar-refractivity contribution in [3.05, 3.63) is 28.7 Å². The number of benzene rings is 1. The Morgan fingerprint density at radius 2 is 1.78 bits per heavy atom. The number of aliphatic hydroxyl groups is 1. The van der Waals surface area contributed by atoms with E-state index in [1.54, 1.807) is 0 Å². The molecule has 0 saturated carbocycles. The summed E-state index contributed by atoms with van der Waals surface area (Å²) in [4.78, 5) is 2.18. The van der Waals surface area contributed by atoms with Crippen molar-refractivity contribution >= 4 is 28.3 Å². The third-order valence-corrected chi connectivity index (χ3v) is 3.15. The SMILES string of the molecule is CCN(CC)CC(O)COc1ccc(Br)cc1.Cl. The summed E-state index contributed by atoms with van der Waals surface area (Å²) in [5.74, 6) is 0.784. The highest BCUT2D eigenvalue weighted by atomic mass is 79.9. The Morgan fingerprint density at radius 1 is 1.22 bits per heavy atom. The molecule has 1 aromatic carbocycles. The summed E-state index contributed by atoms with van der Waals surface area (Å²) in [7, 11) is 0. The monoisotopic (exact) mass is 337 g/mol. The van der Waals surface area contributed by atoms with Crippen LogP contribution in [0.1, 0.15) is 13.8 Å². The van der Waals surface area contributed by atoms with Crippen molar-refractivity contribution in [2.45, 2.75) is 20.0 Å². The van der Waals surface area contributed by atoms with E-state index in [9.17, 15) is 5.11 Å². The number of hydrogen-bond donors (Lipinski definition) is 1. The molecule has 1 N–H and O–H groups in total. The van der Waals surface area contributed by atoms with Crippen LogP contribution in [0, 0.1) is 0 Å². The van der Waals surface area contributed by atoms with Gasteiger partial charge in [-0.05, 0) is 37.4 Å². The van der Waals surface area contributed by atoms with Crippen LogP contribution in [0.5, 0.6) is 5.75 Å². The van der Waals surface area contributed by atoms with Crippen LogP contribution in [0.3, 0.4) is 0 Å². The van der Waals surface area contributed by atoms with Crippen LogP contribution < -0.4 is 4.74 Å². The van der Waals surface area contributed by atoms with Gasteiger partial charge in [-0.15, -0.1) is 12.4 Å². The number of hydrogen-bond acceptors (Lipinski definition) is 3. The Morgan fingerprint density at radius 3 is 2.28 bits per heavy atom. The Labute approximate surface area is 124 Å². The molecular formula is C13H21BrClNO2. The van der Waals surface area contributed by atoms with Gasteiger partial charge in [-0.1, -0.05) is 29.8 Å². The van der Waals surface area contributed by atoms with E-state index in [1.807, 2.05) is 24.3 Å². The first-order valence-corrected chi connectivity index (χ1v) is 6.73. The third kappa shape index (κ3) is 6.59. The maximum absolute atomic E-state index is 9.82. The molecule has 0 fully saturated rings. The molecule has 0 aromatic heterocycles. The van der Waals surface area contributed by atoms with Crippen molar-refractivity contribution in [2.24, 2.45) is 0 Å². The van der Waals surface area contributed by atoms with Crippen LogP contribution in [0.15, 0.2) is 28.7 Å². The molecule has 0 radical (unpaired) electrons. The predicted octanol–water partition coefficient (Wildman–Crippen LogP) is 2.95. The van der Waals surface area contributed by atoms with E-state index in [1.165, 1.54) is 0 Å². The highest BCUT2D eigenvalue weighted by molar-refractivity contribution is 9.10. The van der Waals surface area contributed by atoms with Gasteiger partial charge < -0.3 is 14.7 Å². The Kier molecular flexibility index (Phi) is 9.46. The zero-order valence-electron chi connectivity index (χ0n) is 10.8. The molecule has 18 heavy (non-hydrogen) atoms. The molecule has 0 aliphatic heterocycles. The van der Waals surface area contributed by atoms with Gasteiger partial charge in [-0.3, -0.25) is 0 Å². The van der Waals surface area contributed by atoms with Crippen LogP contribution >= 0.6 is 28.3 Å². The Bertz CT molecular complexity index is 317. The smallest absolute Gasteiger partial charge is 0.119 e. The Balaban J connectivity index is 0.00000289. The van der Waals surface area contributed by atoms with Crippen LogP contribution in [-0.4, -0.2) is 42.4 Å². The van der Waals surface area contributed by atoms with Crippen molar-refractivity contribution < 1.29 is 9.84 Å². The first-order valence-electron chi connectivity index (χ1n) is 5.94. The molecule has 0 spiro atoms. The fraction of sp³-hybridized carbons (Fsp3) is 0.538. The molecule has 0 aliphatic carbocycles. The quantitative estimate of drug-likeness (QED) is 0.829. The summed E-state index contributed by atoms with van der Waals surface area (Å²) in [6.45, 7) is 7.07. The van der Waals surface area contributed by atoms with Crippen molar-refractivity contribution in [1.82, 2.24) is 4.90 Å². The van der Waals surface area contributed by atoms with Crippen LogP contribution in [-0.2, 0) is 0 Å². The first-order chi connectivity index (χ1) is 8.15. The molecule has 1 aromatic rings. The summed E-state index contributed by atoms with van der Waals surface area (Å²) in [5, 5.41) is 9.82. The van der Waals surface area contributed by atoms with E-state index >= 15 is 0 Å². The zero-order valence-corrected chi connectivity index (χ0v) is 13.2. The van der Waals surface area contributed by atoms with Gasteiger partial charge in [0.25, 0.3) is 0 Å². The van der Waals surface area contributed by atoms with Crippen LogP contribution in [0.2, 0.25) is 0 Å². The van der Waals surface area contributed by atoms with Crippen molar-refractivity contribution in [3.8, 4) is 5.75 Å². The van der Waals surface area contributed by atoms with Gasteiger partial charge in [-0.25, -0.2) is 0 Å². The summed E-state index contributed by atoms with van der Waals surface area (Å²) in [5.41, 5.74) is 0. The standard InChI is InChI=1S/C13H20BrNO2.ClH/c1-3-15(4-2)9-12(16)10-17-13-7-5-11(14)6-8-13;/h5-8,12,16H,3-4,9-10H2,1-2H3;1H. The number of aliphatic hydroxyl groups excluding tert-OH is 1. The van der Waals surface area contributed by atoms with Crippen molar-refractivity contribution in [3.63, 3.8) is 0 Å². The predicted molar refractivity (Wildman–Crippen MR) is 80.7 cm³/mol. The minimum atomic E-state index is -0.446. The van der Waals surface area contributed by atoms with Gasteiger partial charge >= 0.3 is 0 Å². The van der Waals surface area contributed by atoms with E-state index in [2.05, 4.69) is 34.7 Å². The molecule has 1 atom stereocenters. The highest BCUT2D eigenvalue weighted by Crippen LogP contribution is 2.16. The number of nitrogens with zero attached hydrogens (tertiary/aromatic N) is 1. The number of ether oxygens (including phenoxy) is 1. The molecule has 0 amide bonds. The lowest BCUT2D eigenvalue weighted by molar-refractivity contribution is 0.0716. The second-order valence-electron chi connectivity index (χ2n) is 3.90. The highest BCUT2D eigenvalue weighted by Gasteiger charge is 2.09. The summed E-state index contributed by atoms with van der Waals surface area (Å²) in [6.07, 6.45) is -0.446. The van der Waals surface area contributed by atoms with E-state index < -0.39 is 6.10 Å². The van der Waals surface area contributed by atoms with Gasteiger partial charge in [0.05, 0.1) is 0 Å². The normalized spacial score (nSPS) is 12.1. The lowest BCUT2D eigenvalue weighted by Gasteiger charge is -2.21. The third-order valence-electron chi connectivity index (χ3n) is 2.62. The second kappa shape index (κ2) is 9.62. The molecular weight excluding hydrogens is 318 g/mol. The number of halogens is 2. The molecule has 104 valence electrons. The molecule has 3 nitrogen and oxygen atoms in total. The van der Waals surface area contributed by atoms with Gasteiger partial charge in [0.2, 0.25) is 0 Å². The summed E-state index contributed by atoms with van der Waals surface area (Å²) < 4.78 is 6.54. The van der Waals surface area contributed by atoms with Gasteiger partial charge in [0.15, 0.2) is 0 Å². The molecule has 1 unspecified atom stereocenters. The first kappa shape index (κ1) is 17.7. The largest absolute Gasteiger partial charge is 0.491 e. The van der Waals surface area contributed by atoms with Gasteiger partial charge in [0, 0.05) is 11.0 Å². The molecule has 0 aliphatic rings. The van der Waals surface area contributed by atoms with E-state index in [4.69, 9.17) is 4.74 Å². The van der Waals surface area contributed by atoms with Crippen LogP contribution in [0.25, 0.3) is 0 Å². The van der Waals surface area contributed by atoms with Gasteiger partial charge in [0.1, 0.15) is 18.5 Å². The number of rotatable bonds is 7. The lowest BCUT2D eigenvalue weighted by Crippen LogP contribution is -2.35. The molecule has 1 rings (SSSR count). The van der Waals surface area contributed by atoms with Gasteiger partial charge in [-0.2, -0.15) is 0 Å². The maximum Gasteiger partial charge on any atom is 0.119 e.